The molecule has 0 radical (unpaired) electrons. The van der Waals surface area contributed by atoms with E-state index in [1.807, 2.05) is 13.0 Å². The van der Waals surface area contributed by atoms with Crippen LogP contribution in [0.4, 0.5) is 5.95 Å². The van der Waals surface area contributed by atoms with Gasteiger partial charge in [0.05, 0.1) is 27.4 Å². The van der Waals surface area contributed by atoms with Crippen molar-refractivity contribution in [2.24, 2.45) is 5.41 Å². The molecule has 1 amide bonds. The molecule has 1 aromatic carbocycles. The molecule has 0 saturated carbocycles. The average Bonchev–Trinajstić information content (AvgIpc) is 3.56. The van der Waals surface area contributed by atoms with Crippen LogP contribution in [-0.2, 0) is 17.9 Å². The van der Waals surface area contributed by atoms with Crippen LogP contribution in [-0.4, -0.2) is 38.2 Å². The first-order valence-electron chi connectivity index (χ1n) is 13.0. The van der Waals surface area contributed by atoms with E-state index in [-0.39, 0.29) is 23.2 Å². The number of oxazole rings is 1. The minimum absolute atomic E-state index is 0.0851. The molecule has 2 aromatic heterocycles. The number of nitrogens with zero attached hydrogens (tertiary/aromatic N) is 3. The third-order valence-corrected chi connectivity index (χ3v) is 7.68. The van der Waals surface area contributed by atoms with Crippen molar-refractivity contribution in [1.29, 1.82) is 0 Å². The van der Waals surface area contributed by atoms with E-state index >= 15 is 0 Å². The number of aliphatic hydroxyl groups is 1. The third kappa shape index (κ3) is 7.46. The number of amides is 1. The zero-order valence-electron chi connectivity index (χ0n) is 23.1. The van der Waals surface area contributed by atoms with Crippen LogP contribution in [0.1, 0.15) is 76.8 Å². The van der Waals surface area contributed by atoms with Gasteiger partial charge in [0, 0.05) is 32.7 Å². The summed E-state index contributed by atoms with van der Waals surface area (Å²) in [6.07, 6.45) is 5.41. The van der Waals surface area contributed by atoms with Crippen LogP contribution in [0.25, 0.3) is 11.0 Å². The molecule has 3 N–H and O–H groups in total. The zero-order valence-corrected chi connectivity index (χ0v) is 23.9. The number of allylic oxidation sites excluding steroid dienone is 1. The Hall–Kier alpha value is -2.62. The van der Waals surface area contributed by atoms with E-state index in [0.29, 0.717) is 22.8 Å². The molecule has 3 heterocycles. The number of imidazole rings is 1. The van der Waals surface area contributed by atoms with Crippen molar-refractivity contribution in [3.8, 4) is 0 Å². The summed E-state index contributed by atoms with van der Waals surface area (Å²) < 4.78 is 7.75. The van der Waals surface area contributed by atoms with Crippen molar-refractivity contribution >= 4 is 34.7 Å². The fourth-order valence-electron chi connectivity index (χ4n) is 3.88. The highest BCUT2D eigenvalue weighted by molar-refractivity contribution is 8.04. The van der Waals surface area contributed by atoms with E-state index < -0.39 is 0 Å². The Morgan fingerprint density at radius 1 is 1.32 bits per heavy atom. The summed E-state index contributed by atoms with van der Waals surface area (Å²) in [4.78, 5) is 22.7. The number of anilines is 1. The van der Waals surface area contributed by atoms with Gasteiger partial charge in [-0.25, -0.2) is 9.97 Å². The Morgan fingerprint density at radius 3 is 2.68 bits per heavy atom. The molecule has 8 nitrogen and oxygen atoms in total. The molecule has 1 unspecified atom stereocenters. The first kappa shape index (κ1) is 28.9. The van der Waals surface area contributed by atoms with Crippen molar-refractivity contribution in [2.45, 2.75) is 85.7 Å². The quantitative estimate of drug-likeness (QED) is 0.332. The van der Waals surface area contributed by atoms with Crippen LogP contribution >= 0.6 is 11.8 Å². The molecule has 0 spiro atoms. The van der Waals surface area contributed by atoms with E-state index in [4.69, 9.17) is 14.5 Å². The largest absolute Gasteiger partial charge is 0.445 e. The Kier molecular flexibility index (Phi) is 9.98. The monoisotopic (exact) mass is 527 g/mol. The lowest BCUT2D eigenvalue weighted by Crippen LogP contribution is -2.37. The van der Waals surface area contributed by atoms with Crippen LogP contribution < -0.4 is 10.6 Å². The van der Waals surface area contributed by atoms with Gasteiger partial charge in [-0.3, -0.25) is 10.1 Å². The maximum absolute atomic E-state index is 13.1. The fourth-order valence-corrected chi connectivity index (χ4v) is 4.96. The van der Waals surface area contributed by atoms with Gasteiger partial charge in [-0.2, -0.15) is 0 Å². The number of thioether (sulfide) groups is 1. The van der Waals surface area contributed by atoms with Gasteiger partial charge in [0.2, 0.25) is 5.95 Å². The standard InChI is InChI=1S/C26H35N5O2S.C2H6O/c1-7-12-31-20-9-8-18(14-27-16(2)26(4,5)6)13-19(20)29-25(31)30-24(32)23-11-10-22(34-23)21-15-28-17(3)33-21;1-2-3/h8-9,11,13,15-16,22,27H,7,10,12,14H2,1-6H3,(H,29,30,32);3H,2H2,1H3/t16-,22?;/m0./s1. The first-order chi connectivity index (χ1) is 17.6. The first-order valence-corrected chi connectivity index (χ1v) is 13.9. The third-order valence-electron chi connectivity index (χ3n) is 6.36. The second-order valence-electron chi connectivity index (χ2n) is 10.3. The minimum atomic E-state index is -0.128. The van der Waals surface area contributed by atoms with Crippen LogP contribution in [0, 0.1) is 12.3 Å². The summed E-state index contributed by atoms with van der Waals surface area (Å²) in [7, 11) is 0. The van der Waals surface area contributed by atoms with Crippen LogP contribution in [0.2, 0.25) is 0 Å². The molecule has 1 aliphatic heterocycles. The van der Waals surface area contributed by atoms with Crippen LogP contribution in [0.3, 0.4) is 0 Å². The summed E-state index contributed by atoms with van der Waals surface area (Å²) in [5.74, 6) is 1.92. The van der Waals surface area contributed by atoms with E-state index in [2.05, 4.69) is 73.0 Å². The molecular formula is C28H41N5O3S. The van der Waals surface area contributed by atoms with Gasteiger partial charge in [0.25, 0.3) is 5.91 Å². The second kappa shape index (κ2) is 12.8. The van der Waals surface area contributed by atoms with Crippen LogP contribution in [0.5, 0.6) is 0 Å². The van der Waals surface area contributed by atoms with E-state index in [0.717, 1.165) is 42.7 Å². The maximum Gasteiger partial charge on any atom is 0.264 e. The summed E-state index contributed by atoms with van der Waals surface area (Å²) in [6.45, 7) is 16.4. The van der Waals surface area contributed by atoms with Gasteiger partial charge in [-0.05, 0) is 49.8 Å². The molecule has 0 fully saturated rings. The Balaban J connectivity index is 0.00000121. The number of aryl methyl sites for hydroxylation is 2. The van der Waals surface area contributed by atoms with Crippen molar-refractivity contribution < 1.29 is 14.3 Å². The summed E-state index contributed by atoms with van der Waals surface area (Å²) >= 11 is 1.51. The topological polar surface area (TPSA) is 105 Å². The van der Waals surface area contributed by atoms with Gasteiger partial charge in [0.15, 0.2) is 5.89 Å². The molecule has 0 bridgehead atoms. The molecule has 202 valence electrons. The molecule has 9 heteroatoms. The Labute approximate surface area is 224 Å². The van der Waals surface area contributed by atoms with E-state index in [1.54, 1.807) is 13.1 Å². The molecule has 0 saturated heterocycles. The second-order valence-corrected chi connectivity index (χ2v) is 11.6. The van der Waals surface area contributed by atoms with E-state index in [9.17, 15) is 4.79 Å². The number of fused-ring (bicyclic) bond motifs is 1. The number of rotatable bonds is 8. The molecule has 2 atom stereocenters. The zero-order chi connectivity index (χ0) is 27.2. The van der Waals surface area contributed by atoms with Crippen molar-refractivity contribution in [3.63, 3.8) is 0 Å². The highest BCUT2D eigenvalue weighted by atomic mass is 32.2. The molecule has 1 aliphatic rings. The fraction of sp³-hybridized carbons (Fsp3) is 0.536. The predicted molar refractivity (Wildman–Crippen MR) is 151 cm³/mol. The normalized spacial score (nSPS) is 16.3. The molecule has 37 heavy (non-hydrogen) atoms. The number of nitrogens with one attached hydrogen (secondary N) is 2. The Morgan fingerprint density at radius 2 is 2.05 bits per heavy atom. The lowest BCUT2D eigenvalue weighted by atomic mass is 9.88. The smallest absolute Gasteiger partial charge is 0.264 e. The maximum atomic E-state index is 13.1. The highest BCUT2D eigenvalue weighted by Gasteiger charge is 2.27. The number of hydrogen-bond donors (Lipinski definition) is 3. The highest BCUT2D eigenvalue weighted by Crippen LogP contribution is 2.44. The molecule has 3 aromatic rings. The van der Waals surface area contributed by atoms with Crippen LogP contribution in [0.15, 0.2) is 39.8 Å². The number of benzene rings is 1. The molecule has 4 rings (SSSR count). The van der Waals surface area contributed by atoms with Crippen molar-refractivity contribution in [1.82, 2.24) is 19.9 Å². The van der Waals surface area contributed by atoms with Gasteiger partial charge < -0.3 is 19.4 Å². The molecular weight excluding hydrogens is 486 g/mol. The lowest BCUT2D eigenvalue weighted by molar-refractivity contribution is -0.112. The minimum Gasteiger partial charge on any atom is -0.445 e. The summed E-state index contributed by atoms with van der Waals surface area (Å²) in [5.41, 5.74) is 3.31. The van der Waals surface area contributed by atoms with Crippen molar-refractivity contribution in [3.05, 3.63) is 52.6 Å². The number of aromatic nitrogens is 3. The van der Waals surface area contributed by atoms with Gasteiger partial charge >= 0.3 is 0 Å². The van der Waals surface area contributed by atoms with Gasteiger partial charge in [-0.15, -0.1) is 11.8 Å². The number of hydrogen-bond acceptors (Lipinski definition) is 7. The number of carbonyl (C=O) groups excluding carboxylic acids is 1. The average molecular weight is 528 g/mol. The summed E-state index contributed by atoms with van der Waals surface area (Å²) in [5, 5.41) is 14.3. The number of carbonyl (C=O) groups is 1. The van der Waals surface area contributed by atoms with Crippen molar-refractivity contribution in [2.75, 3.05) is 11.9 Å². The summed E-state index contributed by atoms with van der Waals surface area (Å²) in [6, 6.07) is 6.75. The predicted octanol–water partition coefficient (Wildman–Crippen LogP) is 5.97. The van der Waals surface area contributed by atoms with Gasteiger partial charge in [0.1, 0.15) is 5.76 Å². The molecule has 0 aliphatic carbocycles. The number of aliphatic hydroxyl groups excluding tert-OH is 1. The Bertz CT molecular complexity index is 1220. The SMILES string of the molecule is CCCn1c(NC(=O)C2=CCC(c3cnc(C)o3)S2)nc2cc(CN[C@@H](C)C(C)(C)C)ccc21.CCO. The lowest BCUT2D eigenvalue weighted by Gasteiger charge is -2.28. The van der Waals surface area contributed by atoms with Gasteiger partial charge in [-0.1, -0.05) is 39.8 Å². The van der Waals surface area contributed by atoms with E-state index in [1.165, 1.54) is 17.3 Å².